The SMILES string of the molecule is COc1cc(/C=N\NC(=O)c2sccc2-c2ccc(C)cc2)cc2c1OCCO2. The quantitative estimate of drug-likeness (QED) is 0.506. The minimum absolute atomic E-state index is 0.253. The Morgan fingerprint density at radius 1 is 1.17 bits per heavy atom. The summed E-state index contributed by atoms with van der Waals surface area (Å²) in [6, 6.07) is 13.6. The smallest absolute Gasteiger partial charge is 0.282 e. The lowest BCUT2D eigenvalue weighted by atomic mass is 10.1. The van der Waals surface area contributed by atoms with Crippen molar-refractivity contribution in [2.45, 2.75) is 6.92 Å². The van der Waals surface area contributed by atoms with Gasteiger partial charge in [0.15, 0.2) is 11.5 Å². The van der Waals surface area contributed by atoms with Crippen molar-refractivity contribution in [3.05, 3.63) is 63.8 Å². The fraction of sp³-hybridized carbons (Fsp3) is 0.182. The van der Waals surface area contributed by atoms with Crippen molar-refractivity contribution >= 4 is 23.5 Å². The number of amides is 1. The normalized spacial score (nSPS) is 12.8. The molecule has 2 aromatic carbocycles. The van der Waals surface area contributed by atoms with E-state index in [1.165, 1.54) is 16.9 Å². The lowest BCUT2D eigenvalue weighted by molar-refractivity contribution is 0.0960. The molecule has 1 aliphatic rings. The van der Waals surface area contributed by atoms with E-state index < -0.39 is 0 Å². The molecule has 1 aromatic heterocycles. The zero-order valence-corrected chi connectivity index (χ0v) is 16.9. The van der Waals surface area contributed by atoms with Gasteiger partial charge in [-0.05, 0) is 36.1 Å². The van der Waals surface area contributed by atoms with Gasteiger partial charge in [0, 0.05) is 11.1 Å². The summed E-state index contributed by atoms with van der Waals surface area (Å²) in [6.07, 6.45) is 1.55. The van der Waals surface area contributed by atoms with E-state index in [-0.39, 0.29) is 5.91 Å². The molecule has 0 bridgehead atoms. The van der Waals surface area contributed by atoms with Crippen LogP contribution in [0.4, 0.5) is 0 Å². The molecule has 0 unspecified atom stereocenters. The maximum absolute atomic E-state index is 12.6. The number of hydrogen-bond donors (Lipinski definition) is 1. The van der Waals surface area contributed by atoms with Gasteiger partial charge in [0.1, 0.15) is 18.1 Å². The molecule has 1 N–H and O–H groups in total. The van der Waals surface area contributed by atoms with Crippen molar-refractivity contribution in [3.63, 3.8) is 0 Å². The second-order valence-corrected chi connectivity index (χ2v) is 7.39. The van der Waals surface area contributed by atoms with Gasteiger partial charge in [-0.15, -0.1) is 11.3 Å². The van der Waals surface area contributed by atoms with Crippen LogP contribution < -0.4 is 19.6 Å². The van der Waals surface area contributed by atoms with Crippen molar-refractivity contribution in [3.8, 4) is 28.4 Å². The molecule has 0 atom stereocenters. The van der Waals surface area contributed by atoms with Crippen LogP contribution in [-0.2, 0) is 0 Å². The largest absolute Gasteiger partial charge is 0.493 e. The van der Waals surface area contributed by atoms with Crippen LogP contribution in [0, 0.1) is 6.92 Å². The fourth-order valence-corrected chi connectivity index (χ4v) is 3.84. The third-order valence-electron chi connectivity index (χ3n) is 4.46. The van der Waals surface area contributed by atoms with Crippen LogP contribution in [0.3, 0.4) is 0 Å². The van der Waals surface area contributed by atoms with Crippen LogP contribution in [0.5, 0.6) is 17.2 Å². The topological polar surface area (TPSA) is 69.2 Å². The minimum atomic E-state index is -0.253. The molecule has 6 nitrogen and oxygen atoms in total. The number of fused-ring (bicyclic) bond motifs is 1. The van der Waals surface area contributed by atoms with Gasteiger partial charge >= 0.3 is 0 Å². The lowest BCUT2D eigenvalue weighted by Crippen LogP contribution is -2.17. The van der Waals surface area contributed by atoms with Crippen molar-refractivity contribution < 1.29 is 19.0 Å². The summed E-state index contributed by atoms with van der Waals surface area (Å²) in [5.41, 5.74) is 6.40. The standard InChI is InChI=1S/C22H20N2O4S/c1-14-3-5-16(6-4-14)17-7-10-29-21(17)22(25)24-23-13-15-11-18(26-2)20-19(12-15)27-8-9-28-20/h3-7,10-13H,8-9H2,1-2H3,(H,24,25)/b23-13-. The van der Waals surface area contributed by atoms with Gasteiger partial charge in [-0.25, -0.2) is 5.43 Å². The van der Waals surface area contributed by atoms with Crippen LogP contribution in [-0.4, -0.2) is 32.4 Å². The first-order valence-electron chi connectivity index (χ1n) is 9.11. The number of hydrazone groups is 1. The van der Waals surface area contributed by atoms with E-state index in [4.69, 9.17) is 14.2 Å². The third kappa shape index (κ3) is 4.09. The Kier molecular flexibility index (Phi) is 5.48. The Labute approximate surface area is 172 Å². The van der Waals surface area contributed by atoms with E-state index in [9.17, 15) is 4.79 Å². The van der Waals surface area contributed by atoms with Crippen LogP contribution in [0.1, 0.15) is 20.8 Å². The molecule has 29 heavy (non-hydrogen) atoms. The first kappa shape index (κ1) is 19.0. The van der Waals surface area contributed by atoms with Crippen molar-refractivity contribution in [1.82, 2.24) is 5.43 Å². The van der Waals surface area contributed by atoms with Crippen molar-refractivity contribution in [2.24, 2.45) is 5.10 Å². The summed E-state index contributed by atoms with van der Waals surface area (Å²) in [4.78, 5) is 13.2. The average Bonchev–Trinajstić information content (AvgIpc) is 3.23. The number of carbonyl (C=O) groups is 1. The zero-order chi connectivity index (χ0) is 20.2. The Balaban J connectivity index is 1.50. The Hall–Kier alpha value is -3.32. The van der Waals surface area contributed by atoms with E-state index in [2.05, 4.69) is 10.5 Å². The minimum Gasteiger partial charge on any atom is -0.493 e. The number of aryl methyl sites for hydroxylation is 1. The number of hydrogen-bond acceptors (Lipinski definition) is 6. The van der Waals surface area contributed by atoms with Crippen LogP contribution in [0.2, 0.25) is 0 Å². The number of rotatable bonds is 5. The van der Waals surface area contributed by atoms with Crippen LogP contribution >= 0.6 is 11.3 Å². The fourth-order valence-electron chi connectivity index (χ4n) is 3.03. The molecule has 1 amide bonds. The van der Waals surface area contributed by atoms with Gasteiger partial charge in [-0.3, -0.25) is 4.79 Å². The molecule has 3 aromatic rings. The number of thiophene rings is 1. The summed E-state index contributed by atoms with van der Waals surface area (Å²) in [7, 11) is 1.57. The first-order valence-corrected chi connectivity index (χ1v) is 9.99. The molecule has 1 aliphatic heterocycles. The molecule has 7 heteroatoms. The molecular formula is C22H20N2O4S. The maximum Gasteiger partial charge on any atom is 0.282 e. The molecule has 0 spiro atoms. The third-order valence-corrected chi connectivity index (χ3v) is 5.38. The number of carbonyl (C=O) groups excluding carboxylic acids is 1. The van der Waals surface area contributed by atoms with Gasteiger partial charge in [0.2, 0.25) is 5.75 Å². The molecule has 148 valence electrons. The maximum atomic E-state index is 12.6. The number of nitrogens with zero attached hydrogens (tertiary/aromatic N) is 1. The van der Waals surface area contributed by atoms with Gasteiger partial charge in [-0.2, -0.15) is 5.10 Å². The lowest BCUT2D eigenvalue weighted by Gasteiger charge is -2.20. The summed E-state index contributed by atoms with van der Waals surface area (Å²) in [5, 5.41) is 6.00. The van der Waals surface area contributed by atoms with Gasteiger partial charge < -0.3 is 14.2 Å². The summed E-state index contributed by atoms with van der Waals surface area (Å²) in [5.74, 6) is 1.50. The first-order chi connectivity index (χ1) is 14.2. The number of nitrogens with one attached hydrogen (secondary N) is 1. The van der Waals surface area contributed by atoms with Crippen molar-refractivity contribution in [1.29, 1.82) is 0 Å². The molecule has 0 fully saturated rings. The van der Waals surface area contributed by atoms with E-state index in [1.54, 1.807) is 25.5 Å². The Morgan fingerprint density at radius 3 is 2.76 bits per heavy atom. The van der Waals surface area contributed by atoms with Crippen LogP contribution in [0.15, 0.2) is 52.9 Å². The number of ether oxygens (including phenoxy) is 3. The molecule has 4 rings (SSSR count). The summed E-state index contributed by atoms with van der Waals surface area (Å²) >= 11 is 1.39. The van der Waals surface area contributed by atoms with Gasteiger partial charge in [-0.1, -0.05) is 29.8 Å². The summed E-state index contributed by atoms with van der Waals surface area (Å²) in [6.45, 7) is 3.00. The molecule has 0 radical (unpaired) electrons. The van der Waals surface area contributed by atoms with E-state index in [0.717, 1.165) is 16.7 Å². The predicted molar refractivity (Wildman–Crippen MR) is 114 cm³/mol. The van der Waals surface area contributed by atoms with E-state index in [1.807, 2.05) is 42.6 Å². The van der Waals surface area contributed by atoms with Gasteiger partial charge in [0.05, 0.1) is 13.3 Å². The zero-order valence-electron chi connectivity index (χ0n) is 16.1. The second-order valence-electron chi connectivity index (χ2n) is 6.48. The monoisotopic (exact) mass is 408 g/mol. The van der Waals surface area contributed by atoms with Crippen LogP contribution in [0.25, 0.3) is 11.1 Å². The highest BCUT2D eigenvalue weighted by Gasteiger charge is 2.18. The molecule has 0 aliphatic carbocycles. The highest BCUT2D eigenvalue weighted by atomic mass is 32.1. The predicted octanol–water partition coefficient (Wildman–Crippen LogP) is 4.27. The molecule has 0 saturated carbocycles. The molecule has 0 saturated heterocycles. The number of methoxy groups -OCH3 is 1. The number of benzene rings is 2. The second kappa shape index (κ2) is 8.36. The van der Waals surface area contributed by atoms with Crippen molar-refractivity contribution in [2.75, 3.05) is 20.3 Å². The highest BCUT2D eigenvalue weighted by Crippen LogP contribution is 2.40. The van der Waals surface area contributed by atoms with E-state index in [0.29, 0.717) is 35.3 Å². The Bertz CT molecular complexity index is 1040. The highest BCUT2D eigenvalue weighted by molar-refractivity contribution is 7.12. The molecular weight excluding hydrogens is 388 g/mol. The summed E-state index contributed by atoms with van der Waals surface area (Å²) < 4.78 is 16.6. The Morgan fingerprint density at radius 2 is 1.97 bits per heavy atom. The van der Waals surface area contributed by atoms with Gasteiger partial charge in [0.25, 0.3) is 5.91 Å². The van der Waals surface area contributed by atoms with E-state index >= 15 is 0 Å². The average molecular weight is 408 g/mol. The molecule has 2 heterocycles.